The van der Waals surface area contributed by atoms with Gasteiger partial charge in [0.05, 0.1) is 18.1 Å². The summed E-state index contributed by atoms with van der Waals surface area (Å²) < 4.78 is 8.19. The summed E-state index contributed by atoms with van der Waals surface area (Å²) in [5.74, 6) is 1.60. The molecule has 1 aromatic carbocycles. The van der Waals surface area contributed by atoms with Crippen molar-refractivity contribution < 1.29 is 4.74 Å². The van der Waals surface area contributed by atoms with Gasteiger partial charge in [-0.3, -0.25) is 4.68 Å². The molecule has 29 heavy (non-hydrogen) atoms. The van der Waals surface area contributed by atoms with Gasteiger partial charge in [0, 0.05) is 29.4 Å². The van der Waals surface area contributed by atoms with Crippen LogP contribution in [0.1, 0.15) is 24.1 Å². The molecular weight excluding hydrogens is 386 g/mol. The van der Waals surface area contributed by atoms with Gasteiger partial charge in [0.15, 0.2) is 0 Å². The maximum atomic E-state index is 6.08. The van der Waals surface area contributed by atoms with Crippen molar-refractivity contribution in [3.05, 3.63) is 71.4 Å². The van der Waals surface area contributed by atoms with Gasteiger partial charge < -0.3 is 10.1 Å². The Bertz CT molecular complexity index is 1160. The molecule has 7 heteroatoms. The van der Waals surface area contributed by atoms with Crippen molar-refractivity contribution in [3.8, 4) is 5.75 Å². The van der Waals surface area contributed by atoms with E-state index >= 15 is 0 Å². The summed E-state index contributed by atoms with van der Waals surface area (Å²) in [7, 11) is 0. The van der Waals surface area contributed by atoms with E-state index < -0.39 is 0 Å². The number of fused-ring (bicyclic) bond motifs is 2. The maximum absolute atomic E-state index is 6.08. The quantitative estimate of drug-likeness (QED) is 0.466. The SMILES string of the molecule is Clc1ccc(Nc2nccc3cc(OCc4cnn5c4CCCC5)ccc23)cn1. The lowest BCUT2D eigenvalue weighted by atomic mass is 10.1. The van der Waals surface area contributed by atoms with Crippen LogP contribution >= 0.6 is 11.6 Å². The molecule has 4 aromatic rings. The molecule has 0 atom stereocenters. The number of aromatic nitrogens is 4. The predicted octanol–water partition coefficient (Wildman–Crippen LogP) is 5.14. The first kappa shape index (κ1) is 17.9. The summed E-state index contributed by atoms with van der Waals surface area (Å²) in [6.45, 7) is 1.55. The molecule has 1 aliphatic rings. The fourth-order valence-corrected chi connectivity index (χ4v) is 3.81. The Labute approximate surface area is 173 Å². The second kappa shape index (κ2) is 7.72. The van der Waals surface area contributed by atoms with E-state index in [4.69, 9.17) is 16.3 Å². The standard InChI is InChI=1S/C22H20ClN5O/c23-21-7-4-17(13-25-21)27-22-19-6-5-18(11-15(19)8-9-24-22)29-14-16-12-26-28-10-2-1-3-20(16)28/h4-9,11-13H,1-3,10,14H2,(H,24,27). The minimum Gasteiger partial charge on any atom is -0.489 e. The Hall–Kier alpha value is -3.12. The first-order chi connectivity index (χ1) is 14.3. The molecule has 0 aliphatic carbocycles. The van der Waals surface area contributed by atoms with Gasteiger partial charge in [-0.15, -0.1) is 0 Å². The summed E-state index contributed by atoms with van der Waals surface area (Å²) >= 11 is 5.86. The largest absolute Gasteiger partial charge is 0.489 e. The number of halogens is 1. The molecule has 0 saturated carbocycles. The highest BCUT2D eigenvalue weighted by Crippen LogP contribution is 2.28. The molecule has 0 radical (unpaired) electrons. The highest BCUT2D eigenvalue weighted by Gasteiger charge is 2.15. The Morgan fingerprint density at radius 2 is 2.03 bits per heavy atom. The van der Waals surface area contributed by atoms with Gasteiger partial charge in [-0.25, -0.2) is 9.97 Å². The summed E-state index contributed by atoms with van der Waals surface area (Å²) in [4.78, 5) is 8.56. The highest BCUT2D eigenvalue weighted by molar-refractivity contribution is 6.29. The molecule has 0 fully saturated rings. The van der Waals surface area contributed by atoms with Gasteiger partial charge in [-0.05, 0) is 61.0 Å². The summed E-state index contributed by atoms with van der Waals surface area (Å²) in [5, 5.41) is 10.3. The van der Waals surface area contributed by atoms with E-state index in [-0.39, 0.29) is 0 Å². The van der Waals surface area contributed by atoms with Crippen LogP contribution in [-0.4, -0.2) is 19.7 Å². The van der Waals surface area contributed by atoms with Crippen LogP contribution in [-0.2, 0) is 19.6 Å². The molecule has 0 spiro atoms. The average molecular weight is 406 g/mol. The third kappa shape index (κ3) is 3.76. The number of hydrogen-bond donors (Lipinski definition) is 1. The highest BCUT2D eigenvalue weighted by atomic mass is 35.5. The van der Waals surface area contributed by atoms with Crippen LogP contribution in [0, 0.1) is 0 Å². The molecule has 0 bridgehead atoms. The van der Waals surface area contributed by atoms with E-state index in [0.29, 0.717) is 11.8 Å². The van der Waals surface area contributed by atoms with Crippen molar-refractivity contribution in [1.82, 2.24) is 19.7 Å². The lowest BCUT2D eigenvalue weighted by Crippen LogP contribution is -2.12. The van der Waals surface area contributed by atoms with Crippen molar-refractivity contribution in [3.63, 3.8) is 0 Å². The number of ether oxygens (including phenoxy) is 1. The van der Waals surface area contributed by atoms with E-state index in [2.05, 4.69) is 25.1 Å². The van der Waals surface area contributed by atoms with E-state index in [0.717, 1.165) is 41.0 Å². The molecule has 3 aromatic heterocycles. The lowest BCUT2D eigenvalue weighted by molar-refractivity contribution is 0.304. The molecule has 6 nitrogen and oxygen atoms in total. The van der Waals surface area contributed by atoms with Gasteiger partial charge >= 0.3 is 0 Å². The zero-order valence-corrected chi connectivity index (χ0v) is 16.6. The topological polar surface area (TPSA) is 64.9 Å². The van der Waals surface area contributed by atoms with Crippen molar-refractivity contribution in [2.75, 3.05) is 5.32 Å². The Morgan fingerprint density at radius 1 is 1.07 bits per heavy atom. The van der Waals surface area contributed by atoms with Crippen molar-refractivity contribution in [2.24, 2.45) is 0 Å². The van der Waals surface area contributed by atoms with Gasteiger partial charge in [0.2, 0.25) is 0 Å². The van der Waals surface area contributed by atoms with Crippen LogP contribution in [0.15, 0.2) is 55.0 Å². The fraction of sp³-hybridized carbons (Fsp3) is 0.227. The molecule has 1 N–H and O–H groups in total. The molecule has 4 heterocycles. The summed E-state index contributed by atoms with van der Waals surface area (Å²) in [5.41, 5.74) is 3.32. The first-order valence-corrected chi connectivity index (χ1v) is 10.1. The lowest BCUT2D eigenvalue weighted by Gasteiger charge is -2.15. The number of hydrogen-bond acceptors (Lipinski definition) is 5. The number of pyridine rings is 2. The van der Waals surface area contributed by atoms with E-state index in [1.807, 2.05) is 36.5 Å². The van der Waals surface area contributed by atoms with Gasteiger partial charge in [0.25, 0.3) is 0 Å². The first-order valence-electron chi connectivity index (χ1n) is 9.70. The molecule has 5 rings (SSSR count). The predicted molar refractivity (Wildman–Crippen MR) is 114 cm³/mol. The van der Waals surface area contributed by atoms with Crippen LogP contribution in [0.4, 0.5) is 11.5 Å². The van der Waals surface area contributed by atoms with Crippen LogP contribution in [0.2, 0.25) is 5.15 Å². The van der Waals surface area contributed by atoms with Crippen LogP contribution in [0.25, 0.3) is 10.8 Å². The third-order valence-corrected chi connectivity index (χ3v) is 5.41. The van der Waals surface area contributed by atoms with E-state index in [1.54, 1.807) is 18.5 Å². The number of aryl methyl sites for hydroxylation is 1. The fourth-order valence-electron chi connectivity index (χ4n) is 3.70. The molecule has 0 unspecified atom stereocenters. The number of anilines is 2. The second-order valence-electron chi connectivity index (χ2n) is 7.12. The zero-order valence-electron chi connectivity index (χ0n) is 15.8. The Balaban J connectivity index is 1.35. The van der Waals surface area contributed by atoms with Crippen molar-refractivity contribution in [1.29, 1.82) is 0 Å². The summed E-state index contributed by atoms with van der Waals surface area (Å²) in [6, 6.07) is 11.6. The minimum atomic E-state index is 0.461. The number of rotatable bonds is 5. The maximum Gasteiger partial charge on any atom is 0.138 e. The normalized spacial score (nSPS) is 13.3. The number of nitrogens with zero attached hydrogens (tertiary/aromatic N) is 4. The minimum absolute atomic E-state index is 0.461. The van der Waals surface area contributed by atoms with E-state index in [1.165, 1.54) is 24.1 Å². The molecule has 0 saturated heterocycles. The Morgan fingerprint density at radius 3 is 2.93 bits per heavy atom. The van der Waals surface area contributed by atoms with Gasteiger partial charge in [-0.2, -0.15) is 5.10 Å². The number of nitrogens with one attached hydrogen (secondary N) is 1. The van der Waals surface area contributed by atoms with Crippen LogP contribution in [0.3, 0.4) is 0 Å². The monoisotopic (exact) mass is 405 g/mol. The molecule has 146 valence electrons. The van der Waals surface area contributed by atoms with Crippen LogP contribution in [0.5, 0.6) is 5.75 Å². The van der Waals surface area contributed by atoms with Crippen molar-refractivity contribution in [2.45, 2.75) is 32.4 Å². The molecular formula is C22H20ClN5O. The van der Waals surface area contributed by atoms with Gasteiger partial charge in [-0.1, -0.05) is 11.6 Å². The van der Waals surface area contributed by atoms with Crippen molar-refractivity contribution >= 4 is 33.9 Å². The third-order valence-electron chi connectivity index (χ3n) is 5.19. The van der Waals surface area contributed by atoms with Crippen LogP contribution < -0.4 is 10.1 Å². The van der Waals surface area contributed by atoms with Gasteiger partial charge in [0.1, 0.15) is 23.3 Å². The zero-order chi connectivity index (χ0) is 19.6. The average Bonchev–Trinajstić information content (AvgIpc) is 3.17. The summed E-state index contributed by atoms with van der Waals surface area (Å²) in [6.07, 6.45) is 8.92. The molecule has 1 aliphatic heterocycles. The number of benzene rings is 1. The Kier molecular flexibility index (Phi) is 4.77. The second-order valence-corrected chi connectivity index (χ2v) is 7.51. The molecule has 0 amide bonds. The van der Waals surface area contributed by atoms with E-state index in [9.17, 15) is 0 Å². The smallest absolute Gasteiger partial charge is 0.138 e.